The number of aromatic nitrogens is 2. The number of carbonyl (C=O) groups excluding carboxylic acids is 1. The number of rotatable bonds is 6. The Morgan fingerprint density at radius 2 is 2.09 bits per heavy atom. The van der Waals surface area contributed by atoms with Gasteiger partial charge in [-0.3, -0.25) is 19.4 Å². The number of hydrogen-bond acceptors (Lipinski definition) is 5. The van der Waals surface area contributed by atoms with Crippen molar-refractivity contribution in [2.45, 2.75) is 38.7 Å². The molecule has 0 saturated heterocycles. The molecule has 8 heteroatoms. The van der Waals surface area contributed by atoms with Gasteiger partial charge in [-0.15, -0.1) is 0 Å². The average molecular weight is 322 g/mol. The molecule has 0 fully saturated rings. The molecule has 0 aliphatic carbocycles. The van der Waals surface area contributed by atoms with Gasteiger partial charge >= 0.3 is 17.6 Å². The molecular formula is C15H18N2O6. The maximum absolute atomic E-state index is 11.6. The third kappa shape index (κ3) is 6.22. The van der Waals surface area contributed by atoms with Crippen LogP contribution >= 0.6 is 0 Å². The van der Waals surface area contributed by atoms with Crippen molar-refractivity contribution < 1.29 is 19.4 Å². The Kier molecular flexibility index (Phi) is 6.80. The van der Waals surface area contributed by atoms with Gasteiger partial charge in [-0.25, -0.2) is 4.79 Å². The summed E-state index contributed by atoms with van der Waals surface area (Å²) in [5.74, 6) is 3.70. The smallest absolute Gasteiger partial charge is 0.328 e. The van der Waals surface area contributed by atoms with E-state index in [1.54, 1.807) is 6.92 Å². The van der Waals surface area contributed by atoms with E-state index in [-0.39, 0.29) is 24.8 Å². The highest BCUT2D eigenvalue weighted by molar-refractivity contribution is 5.76. The summed E-state index contributed by atoms with van der Waals surface area (Å²) in [6.07, 6.45) is 1.09. The molecule has 1 atom stereocenters. The third-order valence-corrected chi connectivity index (χ3v) is 2.96. The first kappa shape index (κ1) is 18.2. The first-order valence-electron chi connectivity index (χ1n) is 7.03. The number of hydrogen-bond donors (Lipinski definition) is 2. The second-order valence-corrected chi connectivity index (χ2v) is 4.83. The van der Waals surface area contributed by atoms with Gasteiger partial charge in [-0.1, -0.05) is 18.8 Å². The Bertz CT molecular complexity index is 750. The van der Waals surface area contributed by atoms with Crippen LogP contribution in [-0.4, -0.2) is 32.7 Å². The molecule has 0 aliphatic rings. The maximum Gasteiger partial charge on any atom is 0.328 e. The number of nitrogens with one attached hydrogen (secondary N) is 1. The quantitative estimate of drug-likeness (QED) is 0.562. The molecule has 1 heterocycles. The van der Waals surface area contributed by atoms with E-state index >= 15 is 0 Å². The standard InChI is InChI=1S/C15H18N2O6/c1-3-11(23-13(20)8-7-12(18)19)6-4-5-10-9-17(2)15(22)16-14(10)21/h9,11H,3,6-8H2,1-2H3,(H,18,19)(H,16,21,22)/t11-/m1/s1. The van der Waals surface area contributed by atoms with Gasteiger partial charge < -0.3 is 14.4 Å². The number of aryl methyl sites for hydroxylation is 1. The number of carbonyl (C=O) groups is 2. The fourth-order valence-corrected chi connectivity index (χ4v) is 1.64. The van der Waals surface area contributed by atoms with Gasteiger partial charge in [-0.2, -0.15) is 0 Å². The van der Waals surface area contributed by atoms with Gasteiger partial charge in [0, 0.05) is 19.7 Å². The Labute approximate surface area is 132 Å². The molecule has 1 aromatic rings. The lowest BCUT2D eigenvalue weighted by molar-refractivity contribution is -0.151. The van der Waals surface area contributed by atoms with E-state index in [2.05, 4.69) is 16.8 Å². The van der Waals surface area contributed by atoms with Gasteiger partial charge in [0.25, 0.3) is 5.56 Å². The summed E-state index contributed by atoms with van der Waals surface area (Å²) in [5, 5.41) is 8.50. The minimum Gasteiger partial charge on any atom is -0.481 e. The van der Waals surface area contributed by atoms with Crippen molar-refractivity contribution in [1.82, 2.24) is 9.55 Å². The van der Waals surface area contributed by atoms with Gasteiger partial charge in [-0.05, 0) is 6.42 Å². The summed E-state index contributed by atoms with van der Waals surface area (Å²) >= 11 is 0. The van der Waals surface area contributed by atoms with Crippen molar-refractivity contribution in [3.8, 4) is 11.8 Å². The lowest BCUT2D eigenvalue weighted by Gasteiger charge is -2.12. The summed E-state index contributed by atoms with van der Waals surface area (Å²) in [5.41, 5.74) is -0.967. The highest BCUT2D eigenvalue weighted by Crippen LogP contribution is 2.06. The number of esters is 1. The van der Waals surface area contributed by atoms with Crippen LogP contribution < -0.4 is 11.2 Å². The van der Waals surface area contributed by atoms with Crippen molar-refractivity contribution in [2.75, 3.05) is 0 Å². The molecule has 8 nitrogen and oxygen atoms in total. The molecule has 0 unspecified atom stereocenters. The minimum absolute atomic E-state index is 0.138. The Morgan fingerprint density at radius 1 is 1.39 bits per heavy atom. The summed E-state index contributed by atoms with van der Waals surface area (Å²) in [6, 6.07) is 0. The van der Waals surface area contributed by atoms with Gasteiger partial charge in [0.1, 0.15) is 11.7 Å². The van der Waals surface area contributed by atoms with Crippen LogP contribution in [0.1, 0.15) is 38.2 Å². The predicted molar refractivity (Wildman–Crippen MR) is 80.8 cm³/mol. The molecule has 23 heavy (non-hydrogen) atoms. The number of nitrogens with zero attached hydrogens (tertiary/aromatic N) is 1. The number of H-pyrrole nitrogens is 1. The maximum atomic E-state index is 11.6. The van der Waals surface area contributed by atoms with Crippen molar-refractivity contribution in [2.24, 2.45) is 7.05 Å². The van der Waals surface area contributed by atoms with Gasteiger partial charge in [0.05, 0.1) is 12.8 Å². The van der Waals surface area contributed by atoms with Crippen LogP contribution in [0.2, 0.25) is 0 Å². The summed E-state index contributed by atoms with van der Waals surface area (Å²) < 4.78 is 6.32. The molecule has 124 valence electrons. The molecular weight excluding hydrogens is 304 g/mol. The zero-order valence-electron chi connectivity index (χ0n) is 12.9. The lowest BCUT2D eigenvalue weighted by Crippen LogP contribution is -2.29. The van der Waals surface area contributed by atoms with E-state index in [1.807, 2.05) is 0 Å². The predicted octanol–water partition coefficient (Wildman–Crippen LogP) is 0.00180. The molecule has 0 aliphatic heterocycles. The number of ether oxygens (including phenoxy) is 1. The summed E-state index contributed by atoms with van der Waals surface area (Å²) in [6.45, 7) is 1.80. The van der Waals surface area contributed by atoms with Crippen LogP contribution in [0.25, 0.3) is 0 Å². The highest BCUT2D eigenvalue weighted by atomic mass is 16.5. The van der Waals surface area contributed by atoms with Gasteiger partial charge in [0.2, 0.25) is 0 Å². The SMILES string of the molecule is CC[C@H](CC#Cc1cn(C)c(=O)[nH]c1=O)OC(=O)CCC(=O)O. The molecule has 0 bridgehead atoms. The molecule has 0 amide bonds. The first-order valence-corrected chi connectivity index (χ1v) is 7.03. The topological polar surface area (TPSA) is 118 Å². The van der Waals surface area contributed by atoms with Crippen LogP contribution in [0.4, 0.5) is 0 Å². The van der Waals surface area contributed by atoms with E-state index in [1.165, 1.54) is 17.8 Å². The zero-order chi connectivity index (χ0) is 17.4. The van der Waals surface area contributed by atoms with E-state index in [9.17, 15) is 19.2 Å². The number of aromatic amines is 1. The summed E-state index contributed by atoms with van der Waals surface area (Å²) in [7, 11) is 1.49. The number of carboxylic acids is 1. The monoisotopic (exact) mass is 322 g/mol. The van der Waals surface area contributed by atoms with Crippen LogP contribution in [0.3, 0.4) is 0 Å². The minimum atomic E-state index is -1.07. The van der Waals surface area contributed by atoms with E-state index < -0.39 is 29.3 Å². The van der Waals surface area contributed by atoms with Crippen molar-refractivity contribution >= 4 is 11.9 Å². The number of carboxylic acid groups (broad SMARTS) is 1. The molecule has 0 spiro atoms. The largest absolute Gasteiger partial charge is 0.481 e. The lowest BCUT2D eigenvalue weighted by atomic mass is 10.2. The van der Waals surface area contributed by atoms with Crippen molar-refractivity contribution in [1.29, 1.82) is 0 Å². The highest BCUT2D eigenvalue weighted by Gasteiger charge is 2.12. The van der Waals surface area contributed by atoms with Crippen LogP contribution in [0, 0.1) is 11.8 Å². The zero-order valence-corrected chi connectivity index (χ0v) is 12.9. The molecule has 0 radical (unpaired) electrons. The molecule has 0 saturated carbocycles. The first-order chi connectivity index (χ1) is 10.8. The molecule has 1 aromatic heterocycles. The van der Waals surface area contributed by atoms with Crippen LogP contribution in [0.5, 0.6) is 0 Å². The Balaban J connectivity index is 2.67. The fraction of sp³-hybridized carbons (Fsp3) is 0.467. The Hall–Kier alpha value is -2.82. The summed E-state index contributed by atoms with van der Waals surface area (Å²) in [4.78, 5) is 46.7. The fourth-order valence-electron chi connectivity index (χ4n) is 1.64. The van der Waals surface area contributed by atoms with Gasteiger partial charge in [0.15, 0.2) is 0 Å². The van der Waals surface area contributed by atoms with Crippen LogP contribution in [-0.2, 0) is 21.4 Å². The molecule has 2 N–H and O–H groups in total. The normalized spacial score (nSPS) is 11.2. The van der Waals surface area contributed by atoms with Crippen molar-refractivity contribution in [3.63, 3.8) is 0 Å². The number of aliphatic carboxylic acids is 1. The third-order valence-electron chi connectivity index (χ3n) is 2.96. The second-order valence-electron chi connectivity index (χ2n) is 4.83. The Morgan fingerprint density at radius 3 is 2.70 bits per heavy atom. The molecule has 0 aromatic carbocycles. The second kappa shape index (κ2) is 8.58. The average Bonchev–Trinajstić information content (AvgIpc) is 2.49. The van der Waals surface area contributed by atoms with E-state index in [4.69, 9.17) is 9.84 Å². The van der Waals surface area contributed by atoms with E-state index in [0.717, 1.165) is 0 Å². The molecule has 1 rings (SSSR count). The van der Waals surface area contributed by atoms with E-state index in [0.29, 0.717) is 6.42 Å². The van der Waals surface area contributed by atoms with Crippen molar-refractivity contribution in [3.05, 3.63) is 32.6 Å². The van der Waals surface area contributed by atoms with Crippen LogP contribution in [0.15, 0.2) is 15.8 Å².